The number of β-amino-alcohol motifs (C(OH)–C–C–N with tert-alkyl or cyclic N) is 1. The smallest absolute Gasteiger partial charge is 0.245 e. The largest absolute Gasteiger partial charge is 0.395 e. The van der Waals surface area contributed by atoms with Gasteiger partial charge in [0, 0.05) is 20.1 Å². The summed E-state index contributed by atoms with van der Waals surface area (Å²) in [6, 6.07) is -0.804. The average Bonchev–Trinajstić information content (AvgIpc) is 3.29. The minimum Gasteiger partial charge on any atom is -0.395 e. The molecule has 0 radical (unpaired) electrons. The van der Waals surface area contributed by atoms with Gasteiger partial charge in [0.05, 0.1) is 24.0 Å². The summed E-state index contributed by atoms with van der Waals surface area (Å²) < 4.78 is 6.50. The molecule has 0 saturated carbocycles. The van der Waals surface area contributed by atoms with Crippen LogP contribution < -0.4 is 10.6 Å². The molecule has 5 atom stereocenters. The van der Waals surface area contributed by atoms with E-state index in [-0.39, 0.29) is 30.9 Å². The van der Waals surface area contributed by atoms with Gasteiger partial charge >= 0.3 is 0 Å². The molecule has 3 N–H and O–H groups in total. The van der Waals surface area contributed by atoms with E-state index in [1.807, 2.05) is 6.92 Å². The molecule has 3 saturated heterocycles. The summed E-state index contributed by atoms with van der Waals surface area (Å²) in [6.45, 7) is 4.43. The monoisotopic (exact) mass is 395 g/mol. The van der Waals surface area contributed by atoms with E-state index in [4.69, 9.17) is 4.74 Å². The van der Waals surface area contributed by atoms with Crippen molar-refractivity contribution in [1.82, 2.24) is 15.5 Å². The second-order valence-electron chi connectivity index (χ2n) is 8.20. The number of rotatable bonds is 9. The molecule has 1 spiro atoms. The van der Waals surface area contributed by atoms with Crippen molar-refractivity contribution < 1.29 is 24.2 Å². The van der Waals surface area contributed by atoms with Gasteiger partial charge < -0.3 is 25.4 Å². The first-order valence-corrected chi connectivity index (χ1v) is 10.5. The number of hydrogen-bond donors (Lipinski definition) is 3. The van der Waals surface area contributed by atoms with Crippen molar-refractivity contribution in [2.45, 2.75) is 69.6 Å². The Morgan fingerprint density at radius 2 is 2.00 bits per heavy atom. The minimum atomic E-state index is -0.992. The molecule has 3 rings (SSSR count). The fourth-order valence-electron chi connectivity index (χ4n) is 5.60. The van der Waals surface area contributed by atoms with Crippen LogP contribution in [0.5, 0.6) is 0 Å². The molecule has 0 aromatic rings. The van der Waals surface area contributed by atoms with Crippen LogP contribution >= 0.6 is 0 Å². The quantitative estimate of drug-likeness (QED) is 0.483. The maximum Gasteiger partial charge on any atom is 0.245 e. The average molecular weight is 396 g/mol. The molecule has 0 aliphatic carbocycles. The Labute approximate surface area is 166 Å². The van der Waals surface area contributed by atoms with Crippen LogP contribution in [-0.2, 0) is 19.1 Å². The van der Waals surface area contributed by atoms with E-state index >= 15 is 0 Å². The van der Waals surface area contributed by atoms with Crippen molar-refractivity contribution in [3.63, 3.8) is 0 Å². The number of unbranched alkanes of at least 4 members (excludes halogenated alkanes) is 2. The van der Waals surface area contributed by atoms with Gasteiger partial charge in [-0.1, -0.05) is 26.7 Å². The maximum atomic E-state index is 13.3. The van der Waals surface area contributed by atoms with E-state index in [9.17, 15) is 19.5 Å². The van der Waals surface area contributed by atoms with E-state index in [0.29, 0.717) is 25.8 Å². The molecule has 0 aromatic heterocycles. The highest BCUT2D eigenvalue weighted by Gasteiger charge is 2.78. The molecule has 158 valence electrons. The van der Waals surface area contributed by atoms with E-state index in [2.05, 4.69) is 17.6 Å². The standard InChI is InChI=1S/C20H33N3O5/c1-4-6-7-10-22-17(26)15-20-9-8-19(5-2,28-20)13(16(25)21-3)14(20)18(27)23(15)11-12-24/h13-15,24H,4-12H2,1-3H3,(H,21,25)(H,22,26)/t13-,14-,15?,19+,20?/m0/s1. The highest BCUT2D eigenvalue weighted by atomic mass is 16.5. The summed E-state index contributed by atoms with van der Waals surface area (Å²) in [5.41, 5.74) is -1.69. The summed E-state index contributed by atoms with van der Waals surface area (Å²) in [4.78, 5) is 40.6. The molecule has 8 heteroatoms. The molecule has 3 amide bonds. The maximum absolute atomic E-state index is 13.3. The number of amides is 3. The topological polar surface area (TPSA) is 108 Å². The van der Waals surface area contributed by atoms with Crippen LogP contribution in [0, 0.1) is 11.8 Å². The predicted octanol–water partition coefficient (Wildman–Crippen LogP) is 0.186. The second-order valence-corrected chi connectivity index (χ2v) is 8.20. The summed E-state index contributed by atoms with van der Waals surface area (Å²) >= 11 is 0. The Hall–Kier alpha value is -1.67. The third kappa shape index (κ3) is 2.92. The molecule has 2 bridgehead atoms. The number of likely N-dealkylation sites (tertiary alicyclic amines) is 1. The molecule has 28 heavy (non-hydrogen) atoms. The molecule has 8 nitrogen and oxygen atoms in total. The van der Waals surface area contributed by atoms with Gasteiger partial charge in [-0.25, -0.2) is 0 Å². The fraction of sp³-hybridized carbons (Fsp3) is 0.850. The molecule has 2 unspecified atom stereocenters. The van der Waals surface area contributed by atoms with E-state index in [1.54, 1.807) is 7.05 Å². The van der Waals surface area contributed by atoms with Gasteiger partial charge in [-0.3, -0.25) is 14.4 Å². The lowest BCUT2D eigenvalue weighted by Gasteiger charge is -2.33. The van der Waals surface area contributed by atoms with Crippen molar-refractivity contribution in [3.05, 3.63) is 0 Å². The first-order chi connectivity index (χ1) is 13.4. The minimum absolute atomic E-state index is 0.0626. The number of carbonyl (C=O) groups is 3. The number of ether oxygens (including phenoxy) is 1. The van der Waals surface area contributed by atoms with Crippen LogP contribution in [0.25, 0.3) is 0 Å². The Morgan fingerprint density at radius 1 is 1.25 bits per heavy atom. The van der Waals surface area contributed by atoms with Gasteiger partial charge in [0.1, 0.15) is 11.6 Å². The number of aliphatic hydroxyl groups excluding tert-OH is 1. The molecule has 3 heterocycles. The van der Waals surface area contributed by atoms with Crippen LogP contribution in [-0.4, -0.2) is 71.7 Å². The number of fused-ring (bicyclic) bond motifs is 1. The normalized spacial score (nSPS) is 35.9. The van der Waals surface area contributed by atoms with Crippen LogP contribution in [0.3, 0.4) is 0 Å². The van der Waals surface area contributed by atoms with Crippen LogP contribution in [0.4, 0.5) is 0 Å². The zero-order valence-corrected chi connectivity index (χ0v) is 17.1. The van der Waals surface area contributed by atoms with Crippen molar-refractivity contribution in [1.29, 1.82) is 0 Å². The first kappa shape index (κ1) is 21.0. The summed E-state index contributed by atoms with van der Waals surface area (Å²) in [6.07, 6.45) is 4.78. The van der Waals surface area contributed by atoms with Crippen molar-refractivity contribution in [3.8, 4) is 0 Å². The van der Waals surface area contributed by atoms with E-state index < -0.39 is 29.1 Å². The Balaban J connectivity index is 1.94. The van der Waals surface area contributed by atoms with E-state index in [1.165, 1.54) is 4.90 Å². The third-order valence-electron chi connectivity index (χ3n) is 6.88. The molecule has 3 fully saturated rings. The Kier molecular flexibility index (Phi) is 6.00. The van der Waals surface area contributed by atoms with Crippen LogP contribution in [0.15, 0.2) is 0 Å². The summed E-state index contributed by atoms with van der Waals surface area (Å²) in [5, 5.41) is 15.1. The van der Waals surface area contributed by atoms with Gasteiger partial charge in [0.25, 0.3) is 0 Å². The highest BCUT2D eigenvalue weighted by molar-refractivity contribution is 5.99. The molecular formula is C20H33N3O5. The van der Waals surface area contributed by atoms with Crippen molar-refractivity contribution in [2.24, 2.45) is 11.8 Å². The molecular weight excluding hydrogens is 362 g/mol. The van der Waals surface area contributed by atoms with Gasteiger partial charge in [-0.2, -0.15) is 0 Å². The number of nitrogens with one attached hydrogen (secondary N) is 2. The lowest BCUT2D eigenvalue weighted by molar-refractivity contribution is -0.147. The number of carbonyl (C=O) groups excluding carboxylic acids is 3. The summed E-state index contributed by atoms with van der Waals surface area (Å²) in [7, 11) is 1.56. The number of hydrogen-bond acceptors (Lipinski definition) is 5. The fourth-order valence-corrected chi connectivity index (χ4v) is 5.60. The molecule has 3 aliphatic heterocycles. The predicted molar refractivity (Wildman–Crippen MR) is 102 cm³/mol. The number of nitrogens with zero attached hydrogens (tertiary/aromatic N) is 1. The first-order valence-electron chi connectivity index (χ1n) is 10.5. The molecule has 3 aliphatic rings. The zero-order chi connectivity index (χ0) is 20.5. The summed E-state index contributed by atoms with van der Waals surface area (Å²) in [5.74, 6) is -2.01. The van der Waals surface area contributed by atoms with Gasteiger partial charge in [-0.15, -0.1) is 0 Å². The van der Waals surface area contributed by atoms with Crippen molar-refractivity contribution >= 4 is 17.7 Å². The van der Waals surface area contributed by atoms with Gasteiger partial charge in [-0.05, 0) is 25.7 Å². The van der Waals surface area contributed by atoms with Crippen molar-refractivity contribution in [2.75, 3.05) is 26.7 Å². The van der Waals surface area contributed by atoms with Crippen LogP contribution in [0.1, 0.15) is 52.4 Å². The second kappa shape index (κ2) is 7.99. The number of aliphatic hydroxyl groups is 1. The Morgan fingerprint density at radius 3 is 2.61 bits per heavy atom. The van der Waals surface area contributed by atoms with E-state index in [0.717, 1.165) is 19.3 Å². The van der Waals surface area contributed by atoms with Gasteiger partial charge in [0.15, 0.2) is 0 Å². The highest BCUT2D eigenvalue weighted by Crippen LogP contribution is 2.64. The Bertz CT molecular complexity index is 641. The lowest BCUT2D eigenvalue weighted by atomic mass is 9.65. The van der Waals surface area contributed by atoms with Crippen LogP contribution in [0.2, 0.25) is 0 Å². The zero-order valence-electron chi connectivity index (χ0n) is 17.1. The lowest BCUT2D eigenvalue weighted by Crippen LogP contribution is -2.55. The SMILES string of the molecule is CCCCCNC(=O)C1N(CCO)C(=O)[C@@H]2[C@@H](C(=O)NC)[C@@]3(CC)CCC12O3. The van der Waals surface area contributed by atoms with Gasteiger partial charge in [0.2, 0.25) is 17.7 Å². The molecule has 0 aromatic carbocycles. The third-order valence-corrected chi connectivity index (χ3v) is 6.88.